The van der Waals surface area contributed by atoms with Crippen LogP contribution in [0.4, 0.5) is 0 Å². The van der Waals surface area contributed by atoms with E-state index in [1.54, 1.807) is 66.7 Å². The summed E-state index contributed by atoms with van der Waals surface area (Å²) < 4.78 is 60.5. The van der Waals surface area contributed by atoms with Gasteiger partial charge in [0.05, 0.1) is 16.9 Å². The first kappa shape index (κ1) is 22.9. The third kappa shape index (κ3) is 4.09. The monoisotopic (exact) mass is 482 g/mol. The summed E-state index contributed by atoms with van der Waals surface area (Å²) in [7, 11) is -7.03. The molecule has 3 unspecified atom stereocenters. The average Bonchev–Trinajstić information content (AvgIpc) is 2.84. The van der Waals surface area contributed by atoms with E-state index in [0.29, 0.717) is 5.56 Å². The molecule has 0 fully saturated rings. The molecule has 0 aliphatic carbocycles. The molecule has 1 aliphatic heterocycles. The zero-order valence-electron chi connectivity index (χ0n) is 17.7. The fourth-order valence-corrected chi connectivity index (χ4v) is 8.01. The Labute approximate surface area is 193 Å². The van der Waals surface area contributed by atoms with Gasteiger partial charge >= 0.3 is 0 Å². The quantitative estimate of drug-likeness (QED) is 0.598. The summed E-state index contributed by atoms with van der Waals surface area (Å²) in [5.41, 5.74) is 0.459. The van der Waals surface area contributed by atoms with Gasteiger partial charge < -0.3 is 4.74 Å². The second-order valence-corrected chi connectivity index (χ2v) is 11.7. The topological polar surface area (TPSA) is 114 Å². The number of sulfone groups is 2. The summed E-state index contributed by atoms with van der Waals surface area (Å²) in [5, 5.41) is 5.56. The molecule has 0 saturated heterocycles. The van der Waals surface area contributed by atoms with Gasteiger partial charge in [0.1, 0.15) is 11.1 Å². The predicted molar refractivity (Wildman–Crippen MR) is 126 cm³/mol. The summed E-state index contributed by atoms with van der Waals surface area (Å²) >= 11 is 0. The summed E-state index contributed by atoms with van der Waals surface area (Å²) in [6.07, 6.45) is 0. The zero-order valence-corrected chi connectivity index (χ0v) is 19.3. The van der Waals surface area contributed by atoms with Crippen molar-refractivity contribution in [2.24, 2.45) is 4.99 Å². The Morgan fingerprint density at radius 3 is 1.58 bits per heavy atom. The van der Waals surface area contributed by atoms with Gasteiger partial charge in [0.2, 0.25) is 5.90 Å². The van der Waals surface area contributed by atoms with Gasteiger partial charge in [0.15, 0.2) is 24.9 Å². The van der Waals surface area contributed by atoms with E-state index in [4.69, 9.17) is 10.1 Å². The number of aliphatic imine (C=N–C) groups is 1. The minimum Gasteiger partial charge on any atom is -0.483 e. The maximum Gasteiger partial charge on any atom is 0.209 e. The molecule has 3 aromatic rings. The van der Waals surface area contributed by atoms with Crippen molar-refractivity contribution in [3.63, 3.8) is 0 Å². The lowest BCUT2D eigenvalue weighted by molar-refractivity contribution is 0.381. The van der Waals surface area contributed by atoms with Crippen LogP contribution in [0.15, 0.2) is 106 Å². The molecule has 0 radical (unpaired) electrons. The molecule has 4 rings (SSSR count). The molecule has 170 valence electrons. The largest absolute Gasteiger partial charge is 0.483 e. The maximum absolute atomic E-state index is 13.8. The van der Waals surface area contributed by atoms with Crippen molar-refractivity contribution < 1.29 is 21.6 Å². The third-order valence-corrected chi connectivity index (χ3v) is 9.81. The van der Waals surface area contributed by atoms with E-state index in [2.05, 4.69) is 4.99 Å². The molecule has 0 aromatic heterocycles. The molecule has 3 atom stereocenters. The molecule has 33 heavy (non-hydrogen) atoms. The highest BCUT2D eigenvalue weighted by Crippen LogP contribution is 2.40. The molecule has 7 nitrogen and oxygen atoms in total. The van der Waals surface area contributed by atoms with Gasteiger partial charge in [-0.1, -0.05) is 66.7 Å². The minimum atomic E-state index is -4.17. The molecular weight excluding hydrogens is 460 g/mol. The molecule has 0 amide bonds. The van der Waals surface area contributed by atoms with Crippen LogP contribution in [0.2, 0.25) is 0 Å². The van der Waals surface area contributed by atoms with Crippen LogP contribution in [0, 0.1) is 5.41 Å². The SMILES string of the molecule is COC1=NC(=N)C(S(=O)(=O)c2ccccc2)C(c2ccccc2)C1S(=O)(=O)c1ccccc1. The van der Waals surface area contributed by atoms with Gasteiger partial charge in [-0.3, -0.25) is 5.41 Å². The van der Waals surface area contributed by atoms with Crippen LogP contribution < -0.4 is 0 Å². The van der Waals surface area contributed by atoms with Crippen molar-refractivity contribution in [2.45, 2.75) is 26.2 Å². The van der Waals surface area contributed by atoms with Crippen LogP contribution in [0.25, 0.3) is 0 Å². The molecule has 3 aromatic carbocycles. The summed E-state index contributed by atoms with van der Waals surface area (Å²) in [5.74, 6) is -1.83. The van der Waals surface area contributed by atoms with E-state index in [1.807, 2.05) is 0 Å². The molecule has 0 bridgehead atoms. The first-order valence-electron chi connectivity index (χ1n) is 10.1. The number of nitrogens with zero attached hydrogens (tertiary/aromatic N) is 1. The van der Waals surface area contributed by atoms with Crippen molar-refractivity contribution in [3.8, 4) is 0 Å². The molecule has 9 heteroatoms. The molecule has 1 heterocycles. The summed E-state index contributed by atoms with van der Waals surface area (Å²) in [4.78, 5) is 4.05. The Bertz CT molecular complexity index is 1390. The Balaban J connectivity index is 2.00. The van der Waals surface area contributed by atoms with Crippen molar-refractivity contribution in [2.75, 3.05) is 7.11 Å². The second kappa shape index (κ2) is 8.92. The van der Waals surface area contributed by atoms with Gasteiger partial charge in [-0.15, -0.1) is 0 Å². The molecule has 0 spiro atoms. The van der Waals surface area contributed by atoms with Crippen molar-refractivity contribution in [3.05, 3.63) is 96.6 Å². The number of amidine groups is 1. The average molecular weight is 483 g/mol. The summed E-state index contributed by atoms with van der Waals surface area (Å²) in [6.45, 7) is 0. The highest BCUT2D eigenvalue weighted by Gasteiger charge is 2.53. The number of hydrogen-bond donors (Lipinski definition) is 1. The molecule has 1 aliphatic rings. The van der Waals surface area contributed by atoms with Gasteiger partial charge in [0, 0.05) is 5.92 Å². The second-order valence-electron chi connectivity index (χ2n) is 7.53. The highest BCUT2D eigenvalue weighted by atomic mass is 32.2. The fourth-order valence-electron chi connectivity index (χ4n) is 4.09. The van der Waals surface area contributed by atoms with E-state index in [-0.39, 0.29) is 15.7 Å². The van der Waals surface area contributed by atoms with E-state index in [9.17, 15) is 16.8 Å². The van der Waals surface area contributed by atoms with Crippen LogP contribution in [-0.2, 0) is 24.4 Å². The van der Waals surface area contributed by atoms with E-state index < -0.39 is 41.9 Å². The lowest BCUT2D eigenvalue weighted by atomic mass is 9.89. The number of methoxy groups -OCH3 is 1. The van der Waals surface area contributed by atoms with Gasteiger partial charge in [-0.2, -0.15) is 0 Å². The number of nitrogens with one attached hydrogen (secondary N) is 1. The lowest BCUT2D eigenvalue weighted by Crippen LogP contribution is -2.51. The Hall–Kier alpha value is -3.30. The van der Waals surface area contributed by atoms with Crippen LogP contribution in [0.3, 0.4) is 0 Å². The van der Waals surface area contributed by atoms with E-state index >= 15 is 0 Å². The van der Waals surface area contributed by atoms with Crippen molar-refractivity contribution in [1.29, 1.82) is 5.41 Å². The predicted octanol–water partition coefficient (Wildman–Crippen LogP) is 3.49. The Kier molecular flexibility index (Phi) is 6.18. The number of rotatable bonds is 5. The summed E-state index contributed by atoms with van der Waals surface area (Å²) in [6, 6.07) is 24.0. The number of ether oxygens (including phenoxy) is 1. The first-order chi connectivity index (χ1) is 15.8. The maximum atomic E-state index is 13.8. The van der Waals surface area contributed by atoms with E-state index in [1.165, 1.54) is 31.4 Å². The molecule has 0 saturated carbocycles. The first-order valence-corrected chi connectivity index (χ1v) is 13.2. The highest BCUT2D eigenvalue weighted by molar-refractivity contribution is 7.94. The Morgan fingerprint density at radius 1 is 0.697 bits per heavy atom. The van der Waals surface area contributed by atoms with Gasteiger partial charge in [0.25, 0.3) is 0 Å². The molecule has 1 N–H and O–H groups in total. The minimum absolute atomic E-state index is 0.00685. The van der Waals surface area contributed by atoms with Crippen LogP contribution in [0.1, 0.15) is 11.5 Å². The smallest absolute Gasteiger partial charge is 0.209 e. The third-order valence-electron chi connectivity index (χ3n) is 5.60. The molecular formula is C24H22N2O5S2. The van der Waals surface area contributed by atoms with Crippen LogP contribution in [-0.4, -0.2) is 46.2 Å². The normalized spacial score (nSPS) is 21.3. The fraction of sp³-hybridized carbons (Fsp3) is 0.167. The number of hydrogen-bond acceptors (Lipinski definition) is 6. The lowest BCUT2D eigenvalue weighted by Gasteiger charge is -2.36. The van der Waals surface area contributed by atoms with Gasteiger partial charge in [-0.25, -0.2) is 21.8 Å². The van der Waals surface area contributed by atoms with E-state index in [0.717, 1.165) is 0 Å². The van der Waals surface area contributed by atoms with Crippen molar-refractivity contribution >= 4 is 31.4 Å². The van der Waals surface area contributed by atoms with Crippen LogP contribution in [0.5, 0.6) is 0 Å². The standard InChI is InChI=1S/C24H22N2O5S2/c1-31-24-22(33(29,30)19-15-9-4-10-16-19)20(17-11-5-2-6-12-17)21(23(25)26-24)32(27,28)18-13-7-3-8-14-18/h2-16,20-22,25H,1H3. The Morgan fingerprint density at radius 2 is 1.12 bits per heavy atom. The van der Waals surface area contributed by atoms with Crippen molar-refractivity contribution in [1.82, 2.24) is 0 Å². The number of benzene rings is 3. The van der Waals surface area contributed by atoms with Gasteiger partial charge in [-0.05, 0) is 29.8 Å². The van der Waals surface area contributed by atoms with Crippen LogP contribution >= 0.6 is 0 Å². The zero-order chi connectivity index (χ0) is 23.6.